The largest absolute Gasteiger partial charge is 0.493 e. The molecule has 0 aromatic heterocycles. The first-order valence-electron chi connectivity index (χ1n) is 7.29. The van der Waals surface area contributed by atoms with Crippen LogP contribution in [0.1, 0.15) is 31.2 Å². The molecule has 1 N–H and O–H groups in total. The molecule has 2 fully saturated rings. The van der Waals surface area contributed by atoms with Gasteiger partial charge in [-0.25, -0.2) is 0 Å². The van der Waals surface area contributed by atoms with Gasteiger partial charge in [-0.15, -0.1) is 0 Å². The number of hydrogen-bond donors (Lipinski definition) is 1. The van der Waals surface area contributed by atoms with Crippen LogP contribution in [0.5, 0.6) is 11.5 Å². The van der Waals surface area contributed by atoms with Crippen LogP contribution in [0.3, 0.4) is 0 Å². The molecule has 0 unspecified atom stereocenters. The van der Waals surface area contributed by atoms with Crippen molar-refractivity contribution in [2.75, 3.05) is 20.8 Å². The molecule has 1 aromatic rings. The number of nitrogens with one attached hydrogen (secondary N) is 1. The summed E-state index contributed by atoms with van der Waals surface area (Å²) in [5, 5.41) is 3.63. The molecule has 2 aliphatic rings. The minimum absolute atomic E-state index is 0.642. The highest BCUT2D eigenvalue weighted by molar-refractivity contribution is 9.10. The number of ether oxygens (including phenoxy) is 2. The van der Waals surface area contributed by atoms with Gasteiger partial charge in [0, 0.05) is 17.6 Å². The first-order chi connectivity index (χ1) is 9.68. The van der Waals surface area contributed by atoms with E-state index in [-0.39, 0.29) is 0 Å². The van der Waals surface area contributed by atoms with Crippen LogP contribution in [-0.4, -0.2) is 20.8 Å². The minimum Gasteiger partial charge on any atom is -0.493 e. The summed E-state index contributed by atoms with van der Waals surface area (Å²) in [5.41, 5.74) is 1.86. The lowest BCUT2D eigenvalue weighted by atomic mass is 10.0. The zero-order chi connectivity index (χ0) is 14.2. The topological polar surface area (TPSA) is 30.5 Å². The van der Waals surface area contributed by atoms with Crippen molar-refractivity contribution in [2.45, 2.75) is 32.2 Å². The Morgan fingerprint density at radius 2 is 1.85 bits per heavy atom. The molecule has 0 saturated heterocycles. The standard InChI is InChI=1S/C16H22BrNO2/c1-19-14-7-11(13(17)8-15(14)20-2)9-18-10-16(5-6-16)12-3-4-12/h7-8,12,18H,3-6,9-10H2,1-2H3. The summed E-state index contributed by atoms with van der Waals surface area (Å²) in [6, 6.07) is 4.02. The summed E-state index contributed by atoms with van der Waals surface area (Å²) in [4.78, 5) is 0. The smallest absolute Gasteiger partial charge is 0.161 e. The summed E-state index contributed by atoms with van der Waals surface area (Å²) in [5.74, 6) is 2.56. The summed E-state index contributed by atoms with van der Waals surface area (Å²) in [6.07, 6.45) is 5.72. The molecule has 0 radical (unpaired) electrons. The fraction of sp³-hybridized carbons (Fsp3) is 0.625. The predicted octanol–water partition coefficient (Wildman–Crippen LogP) is 3.75. The molecule has 0 heterocycles. The van der Waals surface area contributed by atoms with Crippen LogP contribution in [0.2, 0.25) is 0 Å². The van der Waals surface area contributed by atoms with Crippen LogP contribution in [-0.2, 0) is 6.54 Å². The summed E-state index contributed by atoms with van der Waals surface area (Å²) < 4.78 is 11.7. The Kier molecular flexibility index (Phi) is 3.95. The van der Waals surface area contributed by atoms with Crippen molar-refractivity contribution >= 4 is 15.9 Å². The maximum absolute atomic E-state index is 5.37. The SMILES string of the molecule is COc1cc(Br)c(CNCC2(C3CC3)CC2)cc1OC. The van der Waals surface area contributed by atoms with E-state index in [4.69, 9.17) is 9.47 Å². The molecular weight excluding hydrogens is 318 g/mol. The van der Waals surface area contributed by atoms with Gasteiger partial charge in [0.05, 0.1) is 14.2 Å². The Balaban J connectivity index is 1.62. The lowest BCUT2D eigenvalue weighted by Crippen LogP contribution is -2.25. The molecule has 0 aliphatic heterocycles. The number of methoxy groups -OCH3 is 2. The second-order valence-electron chi connectivity index (χ2n) is 6.04. The second-order valence-corrected chi connectivity index (χ2v) is 6.89. The highest BCUT2D eigenvalue weighted by Crippen LogP contribution is 2.60. The van der Waals surface area contributed by atoms with Crippen molar-refractivity contribution in [3.05, 3.63) is 22.2 Å². The Hall–Kier alpha value is -0.740. The molecule has 4 heteroatoms. The molecule has 0 amide bonds. The molecular formula is C16H22BrNO2. The quantitative estimate of drug-likeness (QED) is 0.820. The number of halogens is 1. The Morgan fingerprint density at radius 3 is 2.40 bits per heavy atom. The number of hydrogen-bond acceptors (Lipinski definition) is 3. The highest BCUT2D eigenvalue weighted by atomic mass is 79.9. The molecule has 0 atom stereocenters. The molecule has 20 heavy (non-hydrogen) atoms. The third-order valence-electron chi connectivity index (χ3n) is 4.68. The fourth-order valence-electron chi connectivity index (χ4n) is 3.06. The Morgan fingerprint density at radius 1 is 1.20 bits per heavy atom. The molecule has 2 aliphatic carbocycles. The van der Waals surface area contributed by atoms with Crippen LogP contribution in [0.15, 0.2) is 16.6 Å². The van der Waals surface area contributed by atoms with E-state index in [1.54, 1.807) is 14.2 Å². The normalized spacial score (nSPS) is 19.8. The average Bonchev–Trinajstić information content (AvgIpc) is 3.32. The van der Waals surface area contributed by atoms with Gasteiger partial charge in [-0.1, -0.05) is 15.9 Å². The zero-order valence-electron chi connectivity index (χ0n) is 12.2. The van der Waals surface area contributed by atoms with Gasteiger partial charge in [0.2, 0.25) is 0 Å². The monoisotopic (exact) mass is 339 g/mol. The van der Waals surface area contributed by atoms with Gasteiger partial charge in [-0.2, -0.15) is 0 Å². The number of rotatable bonds is 7. The van der Waals surface area contributed by atoms with Crippen LogP contribution in [0, 0.1) is 11.3 Å². The van der Waals surface area contributed by atoms with E-state index in [0.29, 0.717) is 5.41 Å². The van der Waals surface area contributed by atoms with E-state index < -0.39 is 0 Å². The third-order valence-corrected chi connectivity index (χ3v) is 5.42. The highest BCUT2D eigenvalue weighted by Gasteiger charge is 2.53. The predicted molar refractivity (Wildman–Crippen MR) is 83.3 cm³/mol. The molecule has 1 aromatic carbocycles. The van der Waals surface area contributed by atoms with Crippen molar-refractivity contribution in [3.63, 3.8) is 0 Å². The Labute approximate surface area is 129 Å². The maximum Gasteiger partial charge on any atom is 0.161 e. The molecule has 3 nitrogen and oxygen atoms in total. The summed E-state index contributed by atoms with van der Waals surface area (Å²) in [6.45, 7) is 2.02. The van der Waals surface area contributed by atoms with Gasteiger partial charge >= 0.3 is 0 Å². The summed E-state index contributed by atoms with van der Waals surface area (Å²) >= 11 is 3.61. The molecule has 0 bridgehead atoms. The fourth-order valence-corrected chi connectivity index (χ4v) is 3.53. The lowest BCUT2D eigenvalue weighted by molar-refractivity contribution is 0.353. The number of benzene rings is 1. The first-order valence-corrected chi connectivity index (χ1v) is 8.09. The average molecular weight is 340 g/mol. The van der Waals surface area contributed by atoms with E-state index >= 15 is 0 Å². The molecule has 110 valence electrons. The van der Waals surface area contributed by atoms with Crippen LogP contribution in [0.25, 0.3) is 0 Å². The van der Waals surface area contributed by atoms with Gasteiger partial charge in [0.1, 0.15) is 0 Å². The van der Waals surface area contributed by atoms with E-state index in [1.165, 1.54) is 31.2 Å². The van der Waals surface area contributed by atoms with E-state index in [9.17, 15) is 0 Å². The second kappa shape index (κ2) is 5.57. The van der Waals surface area contributed by atoms with Gasteiger partial charge in [-0.3, -0.25) is 0 Å². The van der Waals surface area contributed by atoms with Gasteiger partial charge < -0.3 is 14.8 Å². The summed E-state index contributed by atoms with van der Waals surface area (Å²) in [7, 11) is 3.34. The molecule has 3 rings (SSSR count). The first kappa shape index (κ1) is 14.2. The van der Waals surface area contributed by atoms with Crippen molar-refractivity contribution < 1.29 is 9.47 Å². The van der Waals surface area contributed by atoms with Crippen LogP contribution < -0.4 is 14.8 Å². The Bertz CT molecular complexity index is 495. The maximum atomic E-state index is 5.37. The third kappa shape index (κ3) is 2.82. The van der Waals surface area contributed by atoms with Crippen LogP contribution in [0.4, 0.5) is 0 Å². The van der Waals surface area contributed by atoms with Gasteiger partial charge in [-0.05, 0) is 54.7 Å². The molecule has 2 saturated carbocycles. The van der Waals surface area contributed by atoms with Gasteiger partial charge in [0.15, 0.2) is 11.5 Å². The van der Waals surface area contributed by atoms with Crippen molar-refractivity contribution in [2.24, 2.45) is 11.3 Å². The minimum atomic E-state index is 0.642. The van der Waals surface area contributed by atoms with E-state index in [1.807, 2.05) is 12.1 Å². The van der Waals surface area contributed by atoms with Crippen molar-refractivity contribution in [1.82, 2.24) is 5.32 Å². The van der Waals surface area contributed by atoms with E-state index in [2.05, 4.69) is 21.2 Å². The van der Waals surface area contributed by atoms with Crippen molar-refractivity contribution in [1.29, 1.82) is 0 Å². The van der Waals surface area contributed by atoms with E-state index in [0.717, 1.165) is 35.0 Å². The van der Waals surface area contributed by atoms with Gasteiger partial charge in [0.25, 0.3) is 0 Å². The lowest BCUT2D eigenvalue weighted by Gasteiger charge is -2.16. The molecule has 0 spiro atoms. The zero-order valence-corrected chi connectivity index (χ0v) is 13.8. The van der Waals surface area contributed by atoms with Crippen LogP contribution >= 0.6 is 15.9 Å². The van der Waals surface area contributed by atoms with Crippen molar-refractivity contribution in [3.8, 4) is 11.5 Å².